The second-order valence-electron chi connectivity index (χ2n) is 4.80. The van der Waals surface area contributed by atoms with Crippen LogP contribution < -0.4 is 10.1 Å². The highest BCUT2D eigenvalue weighted by Gasteiger charge is 2.17. The molecule has 2 unspecified atom stereocenters. The van der Waals surface area contributed by atoms with E-state index in [9.17, 15) is 0 Å². The van der Waals surface area contributed by atoms with Gasteiger partial charge in [0.2, 0.25) is 0 Å². The highest BCUT2D eigenvalue weighted by Crippen LogP contribution is 2.19. The van der Waals surface area contributed by atoms with Gasteiger partial charge in [0.1, 0.15) is 5.75 Å². The molecule has 0 heterocycles. The van der Waals surface area contributed by atoms with Crippen molar-refractivity contribution in [2.75, 3.05) is 34.4 Å². The maximum atomic E-state index is 5.26. The van der Waals surface area contributed by atoms with Crippen molar-refractivity contribution in [2.45, 2.75) is 13.3 Å². The van der Waals surface area contributed by atoms with Gasteiger partial charge in [-0.2, -0.15) is 0 Å². The average Bonchev–Trinajstić information content (AvgIpc) is 2.39. The standard InChI is InChI=1S/C15H25NO2/c1-12(11-17-3)14(10-16-2)9-13-5-7-15(18-4)8-6-13/h5-8,12,14,16H,9-11H2,1-4H3. The van der Waals surface area contributed by atoms with Crippen LogP contribution in [0.15, 0.2) is 24.3 Å². The minimum Gasteiger partial charge on any atom is -0.497 e. The van der Waals surface area contributed by atoms with Crippen molar-refractivity contribution in [2.24, 2.45) is 11.8 Å². The van der Waals surface area contributed by atoms with E-state index in [-0.39, 0.29) is 0 Å². The van der Waals surface area contributed by atoms with Crippen molar-refractivity contribution >= 4 is 0 Å². The number of benzene rings is 1. The molecule has 3 nitrogen and oxygen atoms in total. The van der Waals surface area contributed by atoms with Crippen LogP contribution >= 0.6 is 0 Å². The highest BCUT2D eigenvalue weighted by molar-refractivity contribution is 5.27. The van der Waals surface area contributed by atoms with E-state index in [0.29, 0.717) is 11.8 Å². The summed E-state index contributed by atoms with van der Waals surface area (Å²) >= 11 is 0. The summed E-state index contributed by atoms with van der Waals surface area (Å²) in [5.74, 6) is 2.04. The summed E-state index contributed by atoms with van der Waals surface area (Å²) in [6.07, 6.45) is 1.06. The monoisotopic (exact) mass is 251 g/mol. The normalized spacial score (nSPS) is 14.2. The van der Waals surface area contributed by atoms with Crippen molar-refractivity contribution in [1.82, 2.24) is 5.32 Å². The van der Waals surface area contributed by atoms with Gasteiger partial charge in [0.25, 0.3) is 0 Å². The number of methoxy groups -OCH3 is 2. The van der Waals surface area contributed by atoms with Crippen LogP contribution in [0.3, 0.4) is 0 Å². The number of rotatable bonds is 8. The minimum atomic E-state index is 0.546. The Morgan fingerprint density at radius 1 is 1.17 bits per heavy atom. The summed E-state index contributed by atoms with van der Waals surface area (Å²) < 4.78 is 10.4. The van der Waals surface area contributed by atoms with Crippen LogP contribution in [-0.4, -0.2) is 34.4 Å². The predicted octanol–water partition coefficient (Wildman–Crippen LogP) is 2.36. The summed E-state index contributed by atoms with van der Waals surface area (Å²) in [6.45, 7) is 4.06. The molecule has 102 valence electrons. The Bertz CT molecular complexity index is 324. The largest absolute Gasteiger partial charge is 0.497 e. The van der Waals surface area contributed by atoms with Gasteiger partial charge in [0.05, 0.1) is 7.11 Å². The molecule has 0 aliphatic heterocycles. The smallest absolute Gasteiger partial charge is 0.118 e. The van der Waals surface area contributed by atoms with Crippen LogP contribution in [0, 0.1) is 11.8 Å². The van der Waals surface area contributed by atoms with Gasteiger partial charge >= 0.3 is 0 Å². The first-order chi connectivity index (χ1) is 8.71. The molecule has 1 aromatic carbocycles. The van der Waals surface area contributed by atoms with Gasteiger partial charge < -0.3 is 14.8 Å². The molecule has 2 atom stereocenters. The van der Waals surface area contributed by atoms with E-state index in [1.165, 1.54) is 5.56 Å². The molecule has 1 rings (SSSR count). The Hall–Kier alpha value is -1.06. The zero-order valence-electron chi connectivity index (χ0n) is 11.9. The molecule has 0 saturated carbocycles. The minimum absolute atomic E-state index is 0.546. The van der Waals surface area contributed by atoms with Crippen LogP contribution in [0.2, 0.25) is 0 Å². The van der Waals surface area contributed by atoms with Crippen LogP contribution in [0.25, 0.3) is 0 Å². The zero-order valence-corrected chi connectivity index (χ0v) is 11.9. The molecule has 0 spiro atoms. The van der Waals surface area contributed by atoms with Gasteiger partial charge in [-0.25, -0.2) is 0 Å². The highest BCUT2D eigenvalue weighted by atomic mass is 16.5. The Kier molecular flexibility index (Phi) is 6.76. The summed E-state index contributed by atoms with van der Waals surface area (Å²) in [6, 6.07) is 8.32. The van der Waals surface area contributed by atoms with Crippen LogP contribution in [0.5, 0.6) is 5.75 Å². The molecule has 1 aromatic rings. The van der Waals surface area contributed by atoms with Crippen molar-refractivity contribution in [3.05, 3.63) is 29.8 Å². The van der Waals surface area contributed by atoms with Gasteiger partial charge in [-0.1, -0.05) is 19.1 Å². The molecule has 0 aromatic heterocycles. The van der Waals surface area contributed by atoms with Gasteiger partial charge in [-0.05, 0) is 49.5 Å². The molecule has 1 N–H and O–H groups in total. The van der Waals surface area contributed by atoms with Gasteiger partial charge in [-0.15, -0.1) is 0 Å². The quantitative estimate of drug-likeness (QED) is 0.769. The van der Waals surface area contributed by atoms with E-state index < -0.39 is 0 Å². The third kappa shape index (κ3) is 4.67. The van der Waals surface area contributed by atoms with Gasteiger partial charge in [-0.3, -0.25) is 0 Å². The summed E-state index contributed by atoms with van der Waals surface area (Å²) in [4.78, 5) is 0. The predicted molar refractivity (Wildman–Crippen MR) is 75.2 cm³/mol. The lowest BCUT2D eigenvalue weighted by atomic mass is 9.88. The number of ether oxygens (including phenoxy) is 2. The van der Waals surface area contributed by atoms with Crippen molar-refractivity contribution < 1.29 is 9.47 Å². The van der Waals surface area contributed by atoms with E-state index in [1.807, 2.05) is 19.2 Å². The fourth-order valence-electron chi connectivity index (χ4n) is 2.20. The Balaban J connectivity index is 2.63. The van der Waals surface area contributed by atoms with E-state index in [4.69, 9.17) is 9.47 Å². The lowest BCUT2D eigenvalue weighted by Crippen LogP contribution is -2.28. The Morgan fingerprint density at radius 2 is 1.83 bits per heavy atom. The molecular weight excluding hydrogens is 226 g/mol. The summed E-state index contributed by atoms with van der Waals surface area (Å²) in [5.41, 5.74) is 1.35. The molecule has 0 aliphatic rings. The fraction of sp³-hybridized carbons (Fsp3) is 0.600. The number of hydrogen-bond acceptors (Lipinski definition) is 3. The lowest BCUT2D eigenvalue weighted by Gasteiger charge is -2.23. The fourth-order valence-corrected chi connectivity index (χ4v) is 2.20. The SMILES string of the molecule is CNCC(Cc1ccc(OC)cc1)C(C)COC. The molecular formula is C15H25NO2. The third-order valence-corrected chi connectivity index (χ3v) is 3.36. The zero-order chi connectivity index (χ0) is 13.4. The van der Waals surface area contributed by atoms with Crippen LogP contribution in [0.1, 0.15) is 12.5 Å². The first kappa shape index (κ1) is 15.0. The molecule has 0 amide bonds. The van der Waals surface area contributed by atoms with Crippen molar-refractivity contribution in [3.63, 3.8) is 0 Å². The molecule has 3 heteroatoms. The van der Waals surface area contributed by atoms with Gasteiger partial charge in [0.15, 0.2) is 0 Å². The van der Waals surface area contributed by atoms with Crippen LogP contribution in [-0.2, 0) is 11.2 Å². The van der Waals surface area contributed by atoms with E-state index in [1.54, 1.807) is 14.2 Å². The third-order valence-electron chi connectivity index (χ3n) is 3.36. The topological polar surface area (TPSA) is 30.5 Å². The van der Waals surface area contributed by atoms with Gasteiger partial charge in [0, 0.05) is 13.7 Å². The first-order valence-corrected chi connectivity index (χ1v) is 6.47. The molecule has 0 saturated heterocycles. The lowest BCUT2D eigenvalue weighted by molar-refractivity contribution is 0.129. The Labute approximate surface area is 110 Å². The first-order valence-electron chi connectivity index (χ1n) is 6.47. The molecule has 18 heavy (non-hydrogen) atoms. The maximum Gasteiger partial charge on any atom is 0.118 e. The second kappa shape index (κ2) is 8.11. The maximum absolute atomic E-state index is 5.26. The molecule has 0 fully saturated rings. The van der Waals surface area contributed by atoms with Crippen molar-refractivity contribution in [3.8, 4) is 5.75 Å². The number of hydrogen-bond donors (Lipinski definition) is 1. The summed E-state index contributed by atoms with van der Waals surface area (Å²) in [7, 11) is 5.46. The van der Waals surface area contributed by atoms with Crippen molar-refractivity contribution in [1.29, 1.82) is 0 Å². The van der Waals surface area contributed by atoms with E-state index in [2.05, 4.69) is 24.4 Å². The molecule has 0 radical (unpaired) electrons. The average molecular weight is 251 g/mol. The van der Waals surface area contributed by atoms with Crippen LogP contribution in [0.4, 0.5) is 0 Å². The molecule has 0 aliphatic carbocycles. The number of nitrogens with one attached hydrogen (secondary N) is 1. The molecule has 0 bridgehead atoms. The van der Waals surface area contributed by atoms with E-state index in [0.717, 1.165) is 25.3 Å². The Morgan fingerprint density at radius 3 is 2.33 bits per heavy atom. The van der Waals surface area contributed by atoms with E-state index >= 15 is 0 Å². The second-order valence-corrected chi connectivity index (χ2v) is 4.80. The summed E-state index contributed by atoms with van der Waals surface area (Å²) in [5, 5.41) is 3.27.